The standard InChI is InChI=1S/C17H19N3O/c21-17(8-11-18-13-15-6-3-4-10-19-15)20-12-9-14-5-1-2-7-16(14)20/h1-7,10,18H,8-9,11-13H2. The molecule has 0 spiro atoms. The topological polar surface area (TPSA) is 45.2 Å². The number of nitrogens with zero attached hydrogens (tertiary/aromatic N) is 2. The fourth-order valence-electron chi connectivity index (χ4n) is 2.65. The maximum Gasteiger partial charge on any atom is 0.228 e. The zero-order valence-corrected chi connectivity index (χ0v) is 12.0. The molecule has 0 saturated heterocycles. The van der Waals surface area contributed by atoms with Crippen LogP contribution in [0.25, 0.3) is 0 Å². The van der Waals surface area contributed by atoms with Gasteiger partial charge in [-0.2, -0.15) is 0 Å². The second-order valence-electron chi connectivity index (χ2n) is 5.17. The number of amides is 1. The number of benzene rings is 1. The minimum absolute atomic E-state index is 0.188. The highest BCUT2D eigenvalue weighted by atomic mass is 16.2. The van der Waals surface area contributed by atoms with E-state index in [-0.39, 0.29) is 5.91 Å². The molecular weight excluding hydrogens is 262 g/mol. The van der Waals surface area contributed by atoms with E-state index in [9.17, 15) is 4.79 Å². The molecule has 108 valence electrons. The number of fused-ring (bicyclic) bond motifs is 1. The van der Waals surface area contributed by atoms with Crippen LogP contribution in [0.4, 0.5) is 5.69 Å². The van der Waals surface area contributed by atoms with Crippen LogP contribution in [-0.2, 0) is 17.8 Å². The molecule has 1 aromatic carbocycles. The molecule has 0 atom stereocenters. The van der Waals surface area contributed by atoms with E-state index >= 15 is 0 Å². The van der Waals surface area contributed by atoms with Crippen LogP contribution in [0.2, 0.25) is 0 Å². The molecule has 4 nitrogen and oxygen atoms in total. The van der Waals surface area contributed by atoms with Gasteiger partial charge in [0.25, 0.3) is 0 Å². The number of aromatic nitrogens is 1. The number of hydrogen-bond acceptors (Lipinski definition) is 3. The van der Waals surface area contributed by atoms with Gasteiger partial charge in [-0.15, -0.1) is 0 Å². The largest absolute Gasteiger partial charge is 0.312 e. The second-order valence-corrected chi connectivity index (χ2v) is 5.17. The molecule has 3 rings (SSSR count). The number of pyridine rings is 1. The first-order chi connectivity index (χ1) is 10.3. The van der Waals surface area contributed by atoms with E-state index in [1.54, 1.807) is 6.20 Å². The number of carbonyl (C=O) groups excluding carboxylic acids is 1. The van der Waals surface area contributed by atoms with Crippen LogP contribution in [-0.4, -0.2) is 24.0 Å². The van der Waals surface area contributed by atoms with E-state index in [2.05, 4.69) is 16.4 Å². The van der Waals surface area contributed by atoms with Crippen LogP contribution in [0, 0.1) is 0 Å². The summed E-state index contributed by atoms with van der Waals surface area (Å²) in [5.74, 6) is 0.188. The Bertz CT molecular complexity index is 612. The van der Waals surface area contributed by atoms with Gasteiger partial charge in [-0.25, -0.2) is 0 Å². The molecule has 1 aliphatic heterocycles. The minimum Gasteiger partial charge on any atom is -0.312 e. The maximum absolute atomic E-state index is 12.3. The third-order valence-corrected chi connectivity index (χ3v) is 3.74. The van der Waals surface area contributed by atoms with E-state index in [4.69, 9.17) is 0 Å². The average Bonchev–Trinajstić information content (AvgIpc) is 2.96. The molecule has 1 N–H and O–H groups in total. The van der Waals surface area contributed by atoms with Crippen molar-refractivity contribution in [3.05, 3.63) is 59.9 Å². The fourth-order valence-corrected chi connectivity index (χ4v) is 2.65. The van der Waals surface area contributed by atoms with Gasteiger partial charge in [0.15, 0.2) is 0 Å². The Balaban J connectivity index is 1.47. The molecule has 2 heterocycles. The summed E-state index contributed by atoms with van der Waals surface area (Å²) >= 11 is 0. The van der Waals surface area contributed by atoms with Gasteiger partial charge in [0.05, 0.1) is 5.69 Å². The van der Waals surface area contributed by atoms with E-state index in [1.807, 2.05) is 41.3 Å². The first-order valence-electron chi connectivity index (χ1n) is 7.33. The summed E-state index contributed by atoms with van der Waals surface area (Å²) in [7, 11) is 0. The number of hydrogen-bond donors (Lipinski definition) is 1. The number of nitrogens with one attached hydrogen (secondary N) is 1. The van der Waals surface area contributed by atoms with Crippen molar-refractivity contribution >= 4 is 11.6 Å². The van der Waals surface area contributed by atoms with Gasteiger partial charge in [0.1, 0.15) is 0 Å². The Morgan fingerprint density at radius 3 is 2.90 bits per heavy atom. The van der Waals surface area contributed by atoms with Crippen molar-refractivity contribution in [1.82, 2.24) is 10.3 Å². The summed E-state index contributed by atoms with van der Waals surface area (Å²) < 4.78 is 0. The maximum atomic E-state index is 12.3. The summed E-state index contributed by atoms with van der Waals surface area (Å²) in [5.41, 5.74) is 3.34. The van der Waals surface area contributed by atoms with Gasteiger partial charge < -0.3 is 10.2 Å². The highest BCUT2D eigenvalue weighted by Crippen LogP contribution is 2.27. The van der Waals surface area contributed by atoms with Crippen LogP contribution in [0.5, 0.6) is 0 Å². The summed E-state index contributed by atoms with van der Waals surface area (Å²) in [6.07, 6.45) is 3.26. The average molecular weight is 281 g/mol. The van der Waals surface area contributed by atoms with E-state index < -0.39 is 0 Å². The lowest BCUT2D eigenvalue weighted by atomic mass is 10.2. The lowest BCUT2D eigenvalue weighted by Gasteiger charge is -2.17. The van der Waals surface area contributed by atoms with Crippen molar-refractivity contribution in [2.45, 2.75) is 19.4 Å². The molecule has 0 fully saturated rings. The highest BCUT2D eigenvalue weighted by molar-refractivity contribution is 5.95. The number of rotatable bonds is 5. The van der Waals surface area contributed by atoms with Crippen LogP contribution >= 0.6 is 0 Å². The normalized spacial score (nSPS) is 13.2. The van der Waals surface area contributed by atoms with Crippen molar-refractivity contribution in [3.63, 3.8) is 0 Å². The Morgan fingerprint density at radius 1 is 1.19 bits per heavy atom. The Hall–Kier alpha value is -2.20. The van der Waals surface area contributed by atoms with Crippen molar-refractivity contribution in [1.29, 1.82) is 0 Å². The van der Waals surface area contributed by atoms with Crippen LogP contribution in [0.3, 0.4) is 0 Å². The SMILES string of the molecule is O=C(CCNCc1ccccn1)N1CCc2ccccc21. The highest BCUT2D eigenvalue weighted by Gasteiger charge is 2.23. The van der Waals surface area contributed by atoms with Gasteiger partial charge in [-0.05, 0) is 30.2 Å². The van der Waals surface area contributed by atoms with E-state index in [1.165, 1.54) is 5.56 Å². The molecule has 0 bridgehead atoms. The Kier molecular flexibility index (Phi) is 4.26. The first kappa shape index (κ1) is 13.8. The summed E-state index contributed by atoms with van der Waals surface area (Å²) in [6.45, 7) is 2.18. The van der Waals surface area contributed by atoms with Crippen LogP contribution < -0.4 is 10.2 Å². The van der Waals surface area contributed by atoms with Gasteiger partial charge in [-0.3, -0.25) is 9.78 Å². The van der Waals surface area contributed by atoms with Crippen molar-refractivity contribution in [2.24, 2.45) is 0 Å². The van der Waals surface area contributed by atoms with Crippen LogP contribution in [0.1, 0.15) is 17.7 Å². The van der Waals surface area contributed by atoms with Gasteiger partial charge >= 0.3 is 0 Å². The van der Waals surface area contributed by atoms with Gasteiger partial charge in [0.2, 0.25) is 5.91 Å². The lowest BCUT2D eigenvalue weighted by Crippen LogP contribution is -2.31. The Labute approximate surface area is 124 Å². The summed E-state index contributed by atoms with van der Waals surface area (Å²) in [4.78, 5) is 18.4. The molecule has 2 aromatic rings. The zero-order valence-electron chi connectivity index (χ0n) is 12.0. The van der Waals surface area contributed by atoms with Gasteiger partial charge in [0, 0.05) is 37.9 Å². The fraction of sp³-hybridized carbons (Fsp3) is 0.294. The molecule has 0 unspecified atom stereocenters. The number of para-hydroxylation sites is 1. The predicted octanol–water partition coefficient (Wildman–Crippen LogP) is 2.15. The molecule has 0 radical (unpaired) electrons. The van der Waals surface area contributed by atoms with E-state index in [0.29, 0.717) is 19.5 Å². The number of anilines is 1. The smallest absolute Gasteiger partial charge is 0.228 e. The number of carbonyl (C=O) groups is 1. The second kappa shape index (κ2) is 6.50. The third-order valence-electron chi connectivity index (χ3n) is 3.74. The molecule has 0 aliphatic carbocycles. The molecule has 21 heavy (non-hydrogen) atoms. The summed E-state index contributed by atoms with van der Waals surface area (Å²) in [5, 5.41) is 3.27. The van der Waals surface area contributed by atoms with Crippen molar-refractivity contribution < 1.29 is 4.79 Å². The molecule has 0 saturated carbocycles. The quantitative estimate of drug-likeness (QED) is 0.854. The monoisotopic (exact) mass is 281 g/mol. The zero-order chi connectivity index (χ0) is 14.5. The third kappa shape index (κ3) is 3.28. The molecule has 1 aliphatic rings. The first-order valence-corrected chi connectivity index (χ1v) is 7.33. The lowest BCUT2D eigenvalue weighted by molar-refractivity contribution is -0.118. The van der Waals surface area contributed by atoms with E-state index in [0.717, 1.165) is 24.3 Å². The molecule has 1 amide bonds. The van der Waals surface area contributed by atoms with Crippen LogP contribution in [0.15, 0.2) is 48.7 Å². The van der Waals surface area contributed by atoms with Gasteiger partial charge in [-0.1, -0.05) is 24.3 Å². The Morgan fingerprint density at radius 2 is 2.05 bits per heavy atom. The minimum atomic E-state index is 0.188. The molecule has 4 heteroatoms. The molecule has 1 aromatic heterocycles. The van der Waals surface area contributed by atoms with Crippen molar-refractivity contribution in [2.75, 3.05) is 18.0 Å². The summed E-state index contributed by atoms with van der Waals surface area (Å²) in [6, 6.07) is 14.0. The predicted molar refractivity (Wildman–Crippen MR) is 83.1 cm³/mol. The molecular formula is C17H19N3O. The van der Waals surface area contributed by atoms with Crippen molar-refractivity contribution in [3.8, 4) is 0 Å².